The van der Waals surface area contributed by atoms with Crippen LogP contribution in [0, 0.1) is 5.92 Å². The predicted octanol–water partition coefficient (Wildman–Crippen LogP) is 3.66. The summed E-state index contributed by atoms with van der Waals surface area (Å²) in [6.45, 7) is 8.64. The molecule has 0 aromatic heterocycles. The Labute approximate surface area is 126 Å². The Morgan fingerprint density at radius 1 is 1.19 bits per heavy atom. The average molecular weight is 284 g/mol. The topological polar surface area (TPSA) is 48.8 Å². The van der Waals surface area contributed by atoms with E-state index in [1.165, 1.54) is 17.7 Å². The monoisotopic (exact) mass is 284 g/mol. The van der Waals surface area contributed by atoms with Gasteiger partial charge in [0.25, 0.3) is 0 Å². The van der Waals surface area contributed by atoms with Crippen molar-refractivity contribution in [1.29, 1.82) is 0 Å². The number of nitrogens with zero attached hydrogens (tertiary/aromatic N) is 2. The van der Waals surface area contributed by atoms with Crippen LogP contribution >= 0.6 is 0 Å². The van der Waals surface area contributed by atoms with Crippen LogP contribution in [0.2, 0.25) is 0 Å². The normalized spacial score (nSPS) is 40.4. The van der Waals surface area contributed by atoms with Crippen molar-refractivity contribution >= 4 is 5.69 Å². The number of rotatable bonds is 1. The SMILES string of the molecule is CC(C)(C)/N=N/C12CC3CC3(C)NC1Nc1ccccc12. The van der Waals surface area contributed by atoms with Crippen LogP contribution in [0.5, 0.6) is 0 Å². The number of hydrogen-bond donors (Lipinski definition) is 2. The third-order valence-corrected chi connectivity index (χ3v) is 5.14. The Morgan fingerprint density at radius 3 is 2.71 bits per heavy atom. The summed E-state index contributed by atoms with van der Waals surface area (Å²) in [6, 6.07) is 8.55. The minimum atomic E-state index is -0.245. The van der Waals surface area contributed by atoms with E-state index in [0.717, 1.165) is 6.42 Å². The fourth-order valence-electron chi connectivity index (χ4n) is 3.82. The van der Waals surface area contributed by atoms with Gasteiger partial charge in [-0.2, -0.15) is 10.2 Å². The lowest BCUT2D eigenvalue weighted by Crippen LogP contribution is -2.56. The third kappa shape index (κ3) is 1.92. The number of para-hydroxylation sites is 1. The van der Waals surface area contributed by atoms with Crippen molar-refractivity contribution in [3.05, 3.63) is 29.8 Å². The zero-order valence-corrected chi connectivity index (χ0v) is 13.3. The number of piperidine rings is 1. The molecule has 0 bridgehead atoms. The summed E-state index contributed by atoms with van der Waals surface area (Å²) in [6.07, 6.45) is 2.50. The molecular formula is C17H24N4. The first-order valence-corrected chi connectivity index (χ1v) is 7.90. The summed E-state index contributed by atoms with van der Waals surface area (Å²) in [5.41, 5.74) is 2.41. The van der Waals surface area contributed by atoms with Gasteiger partial charge in [0.2, 0.25) is 0 Å². The molecule has 4 rings (SSSR count). The number of azo groups is 1. The van der Waals surface area contributed by atoms with Crippen molar-refractivity contribution in [2.45, 2.75) is 63.3 Å². The van der Waals surface area contributed by atoms with E-state index >= 15 is 0 Å². The second-order valence-electron chi connectivity index (χ2n) is 8.08. The van der Waals surface area contributed by atoms with Gasteiger partial charge in [0.05, 0.1) is 5.54 Å². The number of fused-ring (bicyclic) bond motifs is 4. The number of benzene rings is 1. The van der Waals surface area contributed by atoms with Gasteiger partial charge in [-0.1, -0.05) is 18.2 Å². The summed E-state index contributed by atoms with van der Waals surface area (Å²) < 4.78 is 0. The molecule has 0 radical (unpaired) electrons. The van der Waals surface area contributed by atoms with E-state index in [2.05, 4.69) is 67.7 Å². The van der Waals surface area contributed by atoms with E-state index in [4.69, 9.17) is 5.11 Å². The summed E-state index contributed by atoms with van der Waals surface area (Å²) >= 11 is 0. The van der Waals surface area contributed by atoms with Gasteiger partial charge in [-0.25, -0.2) is 0 Å². The molecule has 4 atom stereocenters. The number of hydrogen-bond acceptors (Lipinski definition) is 4. The standard InChI is InChI=1S/C17H24N4/c1-15(2,3)20-21-17-10-11-9-16(11,4)19-14(17)18-13-8-6-5-7-12(13)17/h5-8,11,14,18-19H,9-10H2,1-4H3/b21-20+. The van der Waals surface area contributed by atoms with Crippen LogP contribution in [-0.4, -0.2) is 17.2 Å². The molecule has 4 heteroatoms. The molecule has 3 aliphatic rings. The zero-order chi connectivity index (χ0) is 14.9. The van der Waals surface area contributed by atoms with E-state index < -0.39 is 0 Å². The number of anilines is 1. The van der Waals surface area contributed by atoms with Gasteiger partial charge in [-0.15, -0.1) is 0 Å². The predicted molar refractivity (Wildman–Crippen MR) is 84.4 cm³/mol. The summed E-state index contributed by atoms with van der Waals surface area (Å²) in [5, 5.41) is 16.9. The lowest BCUT2D eigenvalue weighted by Gasteiger charge is -2.39. The Kier molecular flexibility index (Phi) is 2.44. The van der Waals surface area contributed by atoms with Gasteiger partial charge in [0.1, 0.15) is 11.7 Å². The van der Waals surface area contributed by atoms with E-state index in [0.29, 0.717) is 11.5 Å². The van der Waals surface area contributed by atoms with Crippen LogP contribution in [-0.2, 0) is 5.54 Å². The highest BCUT2D eigenvalue weighted by Crippen LogP contribution is 2.59. The van der Waals surface area contributed by atoms with Crippen LogP contribution in [0.15, 0.2) is 34.5 Å². The van der Waals surface area contributed by atoms with Crippen LogP contribution in [0.3, 0.4) is 0 Å². The smallest absolute Gasteiger partial charge is 0.142 e. The molecule has 112 valence electrons. The molecule has 21 heavy (non-hydrogen) atoms. The highest BCUT2D eigenvalue weighted by molar-refractivity contribution is 5.62. The van der Waals surface area contributed by atoms with Crippen molar-refractivity contribution in [1.82, 2.24) is 5.32 Å². The second kappa shape index (κ2) is 3.86. The highest BCUT2D eigenvalue weighted by atomic mass is 15.3. The Morgan fingerprint density at radius 2 is 1.95 bits per heavy atom. The zero-order valence-electron chi connectivity index (χ0n) is 13.3. The first-order valence-electron chi connectivity index (χ1n) is 7.90. The molecular weight excluding hydrogens is 260 g/mol. The third-order valence-electron chi connectivity index (χ3n) is 5.14. The Hall–Kier alpha value is -1.42. The maximum Gasteiger partial charge on any atom is 0.142 e. The van der Waals surface area contributed by atoms with Gasteiger partial charge in [0, 0.05) is 16.8 Å². The van der Waals surface area contributed by atoms with Crippen molar-refractivity contribution in [3.8, 4) is 0 Å². The Bertz CT molecular complexity index is 617. The van der Waals surface area contributed by atoms with Gasteiger partial charge in [0.15, 0.2) is 0 Å². The molecule has 1 saturated carbocycles. The molecule has 2 fully saturated rings. The molecule has 2 aliphatic heterocycles. The van der Waals surface area contributed by atoms with E-state index in [9.17, 15) is 0 Å². The lowest BCUT2D eigenvalue weighted by molar-refractivity contribution is 0.211. The van der Waals surface area contributed by atoms with Gasteiger partial charge in [-0.3, -0.25) is 5.32 Å². The molecule has 4 nitrogen and oxygen atoms in total. The lowest BCUT2D eigenvalue weighted by atomic mass is 9.81. The molecule has 1 aromatic carbocycles. The van der Waals surface area contributed by atoms with Crippen molar-refractivity contribution < 1.29 is 0 Å². The Balaban J connectivity index is 1.80. The summed E-state index contributed by atoms with van der Waals surface area (Å²) in [4.78, 5) is 0. The molecule has 0 spiro atoms. The fourth-order valence-corrected chi connectivity index (χ4v) is 3.82. The molecule has 4 unspecified atom stereocenters. The first kappa shape index (κ1) is 13.3. The van der Waals surface area contributed by atoms with Gasteiger partial charge < -0.3 is 5.32 Å². The van der Waals surface area contributed by atoms with E-state index in [-0.39, 0.29) is 17.2 Å². The average Bonchev–Trinajstić information content (AvgIpc) is 2.94. The van der Waals surface area contributed by atoms with Crippen LogP contribution in [0.25, 0.3) is 0 Å². The molecule has 1 aliphatic carbocycles. The quantitative estimate of drug-likeness (QED) is 0.773. The van der Waals surface area contributed by atoms with Crippen LogP contribution in [0.1, 0.15) is 46.1 Å². The molecule has 2 N–H and O–H groups in total. The maximum absolute atomic E-state index is 4.90. The van der Waals surface area contributed by atoms with E-state index in [1.807, 2.05) is 0 Å². The maximum atomic E-state index is 4.90. The fraction of sp³-hybridized carbons (Fsp3) is 0.647. The first-order chi connectivity index (χ1) is 9.82. The minimum absolute atomic E-state index is 0.138. The van der Waals surface area contributed by atoms with E-state index in [1.54, 1.807) is 0 Å². The van der Waals surface area contributed by atoms with Crippen LogP contribution in [0.4, 0.5) is 5.69 Å². The number of nitrogens with one attached hydrogen (secondary N) is 2. The van der Waals surface area contributed by atoms with Gasteiger partial charge >= 0.3 is 0 Å². The molecule has 2 heterocycles. The minimum Gasteiger partial charge on any atom is -0.367 e. The summed E-state index contributed by atoms with van der Waals surface area (Å²) in [5.74, 6) is 0.709. The highest BCUT2D eigenvalue weighted by Gasteiger charge is 2.64. The van der Waals surface area contributed by atoms with Crippen molar-refractivity contribution in [2.24, 2.45) is 16.1 Å². The molecule has 0 amide bonds. The van der Waals surface area contributed by atoms with Crippen molar-refractivity contribution in [3.63, 3.8) is 0 Å². The van der Waals surface area contributed by atoms with Crippen LogP contribution < -0.4 is 10.6 Å². The van der Waals surface area contributed by atoms with Gasteiger partial charge in [-0.05, 0) is 52.5 Å². The molecule has 1 saturated heterocycles. The second-order valence-corrected chi connectivity index (χ2v) is 8.08. The summed E-state index contributed by atoms with van der Waals surface area (Å²) in [7, 11) is 0. The molecule has 1 aromatic rings. The largest absolute Gasteiger partial charge is 0.367 e. The van der Waals surface area contributed by atoms with Crippen molar-refractivity contribution in [2.75, 3.05) is 5.32 Å².